The van der Waals surface area contributed by atoms with Gasteiger partial charge in [-0.3, -0.25) is 4.90 Å². The van der Waals surface area contributed by atoms with Crippen molar-refractivity contribution in [1.29, 1.82) is 0 Å². The third kappa shape index (κ3) is 4.26. The molecule has 2 aromatic rings. The second-order valence-electron chi connectivity index (χ2n) is 8.80. The van der Waals surface area contributed by atoms with Crippen LogP contribution in [0.5, 0.6) is 0 Å². The predicted octanol–water partition coefficient (Wildman–Crippen LogP) is 5.76. The minimum atomic E-state index is -4.36. The van der Waals surface area contributed by atoms with E-state index < -0.39 is 17.3 Å². The Labute approximate surface area is 165 Å². The molecule has 0 aliphatic carbocycles. The normalized spacial score (nSPS) is 18.3. The highest BCUT2D eigenvalue weighted by Gasteiger charge is 2.37. The van der Waals surface area contributed by atoms with Gasteiger partial charge in [-0.05, 0) is 74.9 Å². The fraction of sp³-hybridized carbons (Fsp3) is 0.478. The van der Waals surface area contributed by atoms with Gasteiger partial charge in [0.1, 0.15) is 0 Å². The van der Waals surface area contributed by atoms with Crippen molar-refractivity contribution < 1.29 is 18.3 Å². The summed E-state index contributed by atoms with van der Waals surface area (Å²) in [6.45, 7) is 10.0. The molecule has 0 bridgehead atoms. The molecule has 0 saturated carbocycles. The Morgan fingerprint density at radius 1 is 0.964 bits per heavy atom. The number of benzene rings is 2. The topological polar surface area (TPSA) is 23.5 Å². The standard InChI is InChI=1S/C23H28F3NO/c1-16-14-18(22(28)10-12-27(13-11-22)21(2,3)4)8-9-20(16)17-6-5-7-19(15-17)23(24,25)26/h5-9,14-15,28H,10-13H2,1-4H3. The number of aryl methyl sites for hydroxylation is 1. The van der Waals surface area contributed by atoms with Crippen LogP contribution in [0.3, 0.4) is 0 Å². The molecule has 0 spiro atoms. The summed E-state index contributed by atoms with van der Waals surface area (Å²) >= 11 is 0. The van der Waals surface area contributed by atoms with Gasteiger partial charge in [-0.15, -0.1) is 0 Å². The van der Waals surface area contributed by atoms with Gasteiger partial charge in [-0.25, -0.2) is 0 Å². The van der Waals surface area contributed by atoms with E-state index in [9.17, 15) is 18.3 Å². The molecule has 1 aliphatic rings. The summed E-state index contributed by atoms with van der Waals surface area (Å²) in [5.74, 6) is 0. The fourth-order valence-corrected chi connectivity index (χ4v) is 3.98. The van der Waals surface area contributed by atoms with E-state index in [-0.39, 0.29) is 5.54 Å². The van der Waals surface area contributed by atoms with Crippen LogP contribution in [-0.4, -0.2) is 28.6 Å². The zero-order valence-corrected chi connectivity index (χ0v) is 16.9. The third-order valence-electron chi connectivity index (χ3n) is 5.80. The van der Waals surface area contributed by atoms with Crippen molar-refractivity contribution in [1.82, 2.24) is 4.90 Å². The summed E-state index contributed by atoms with van der Waals surface area (Å²) < 4.78 is 39.1. The van der Waals surface area contributed by atoms with E-state index in [0.717, 1.165) is 35.8 Å². The maximum Gasteiger partial charge on any atom is 0.416 e. The van der Waals surface area contributed by atoms with Crippen LogP contribution in [-0.2, 0) is 11.8 Å². The summed E-state index contributed by atoms with van der Waals surface area (Å²) in [6.07, 6.45) is -3.07. The zero-order chi connectivity index (χ0) is 20.7. The molecule has 2 aromatic carbocycles. The van der Waals surface area contributed by atoms with Crippen LogP contribution in [0.15, 0.2) is 42.5 Å². The average Bonchev–Trinajstić information content (AvgIpc) is 2.60. The van der Waals surface area contributed by atoms with Gasteiger partial charge in [0.15, 0.2) is 0 Å². The average molecular weight is 391 g/mol. The minimum absolute atomic E-state index is 0.0740. The van der Waals surface area contributed by atoms with E-state index in [1.54, 1.807) is 6.07 Å². The van der Waals surface area contributed by atoms with E-state index in [4.69, 9.17) is 0 Å². The lowest BCUT2D eigenvalue weighted by atomic mass is 9.81. The molecule has 1 aliphatic heterocycles. The Morgan fingerprint density at radius 3 is 2.14 bits per heavy atom. The quantitative estimate of drug-likeness (QED) is 0.703. The molecule has 0 unspecified atom stereocenters. The van der Waals surface area contributed by atoms with Gasteiger partial charge in [0.25, 0.3) is 0 Å². The first-order chi connectivity index (χ1) is 12.9. The molecule has 0 atom stereocenters. The van der Waals surface area contributed by atoms with E-state index in [1.807, 2.05) is 25.1 Å². The first-order valence-electron chi connectivity index (χ1n) is 9.66. The van der Waals surface area contributed by atoms with Crippen molar-refractivity contribution in [3.63, 3.8) is 0 Å². The van der Waals surface area contributed by atoms with Crippen LogP contribution in [0.4, 0.5) is 13.2 Å². The van der Waals surface area contributed by atoms with E-state index >= 15 is 0 Å². The zero-order valence-electron chi connectivity index (χ0n) is 16.9. The van der Waals surface area contributed by atoms with Crippen molar-refractivity contribution >= 4 is 0 Å². The maximum absolute atomic E-state index is 13.0. The molecule has 0 amide bonds. The van der Waals surface area contributed by atoms with Crippen molar-refractivity contribution in [3.05, 3.63) is 59.2 Å². The van der Waals surface area contributed by atoms with Crippen LogP contribution in [0, 0.1) is 6.92 Å². The lowest BCUT2D eigenvalue weighted by molar-refractivity contribution is -0.137. The lowest BCUT2D eigenvalue weighted by Gasteiger charge is -2.44. The smallest absolute Gasteiger partial charge is 0.385 e. The molecule has 152 valence electrons. The summed E-state index contributed by atoms with van der Waals surface area (Å²) in [4.78, 5) is 2.37. The number of alkyl halides is 3. The second kappa shape index (κ2) is 7.20. The molecule has 5 heteroatoms. The number of rotatable bonds is 2. The number of likely N-dealkylation sites (tertiary alicyclic amines) is 1. The molecular weight excluding hydrogens is 363 g/mol. The second-order valence-corrected chi connectivity index (χ2v) is 8.80. The van der Waals surface area contributed by atoms with Gasteiger partial charge in [-0.1, -0.05) is 30.3 Å². The molecule has 0 radical (unpaired) electrons. The van der Waals surface area contributed by atoms with Crippen LogP contribution in [0.25, 0.3) is 11.1 Å². The lowest BCUT2D eigenvalue weighted by Crippen LogP contribution is -2.50. The van der Waals surface area contributed by atoms with E-state index in [2.05, 4.69) is 25.7 Å². The summed E-state index contributed by atoms with van der Waals surface area (Å²) in [6, 6.07) is 11.0. The Morgan fingerprint density at radius 2 is 1.61 bits per heavy atom. The molecular formula is C23H28F3NO. The minimum Gasteiger partial charge on any atom is -0.385 e. The van der Waals surface area contributed by atoms with Crippen LogP contribution in [0.2, 0.25) is 0 Å². The first-order valence-corrected chi connectivity index (χ1v) is 9.66. The molecule has 1 heterocycles. The molecule has 1 saturated heterocycles. The maximum atomic E-state index is 13.0. The summed E-state index contributed by atoms with van der Waals surface area (Å²) in [7, 11) is 0. The number of hydrogen-bond donors (Lipinski definition) is 1. The highest BCUT2D eigenvalue weighted by molar-refractivity contribution is 5.68. The monoisotopic (exact) mass is 391 g/mol. The largest absolute Gasteiger partial charge is 0.416 e. The van der Waals surface area contributed by atoms with Crippen molar-refractivity contribution in [2.45, 2.75) is 57.9 Å². The predicted molar refractivity (Wildman–Crippen MR) is 106 cm³/mol. The highest BCUT2D eigenvalue weighted by Crippen LogP contribution is 2.38. The number of nitrogens with zero attached hydrogens (tertiary/aromatic N) is 1. The first kappa shape index (κ1) is 20.9. The van der Waals surface area contributed by atoms with Gasteiger partial charge in [0, 0.05) is 18.6 Å². The van der Waals surface area contributed by atoms with Crippen LogP contribution >= 0.6 is 0 Å². The highest BCUT2D eigenvalue weighted by atomic mass is 19.4. The molecule has 3 rings (SSSR count). The van der Waals surface area contributed by atoms with Crippen LogP contribution in [0.1, 0.15) is 50.3 Å². The van der Waals surface area contributed by atoms with Crippen LogP contribution < -0.4 is 0 Å². The Kier molecular flexibility index (Phi) is 5.36. The Bertz CT molecular complexity index is 844. The number of hydrogen-bond acceptors (Lipinski definition) is 2. The Balaban J connectivity index is 1.86. The summed E-state index contributed by atoms with van der Waals surface area (Å²) in [5, 5.41) is 11.2. The third-order valence-corrected chi connectivity index (χ3v) is 5.80. The molecule has 28 heavy (non-hydrogen) atoms. The van der Waals surface area contributed by atoms with E-state index in [1.165, 1.54) is 12.1 Å². The van der Waals surface area contributed by atoms with Gasteiger partial charge in [0.2, 0.25) is 0 Å². The number of halogens is 3. The Hall–Kier alpha value is -1.85. The number of aliphatic hydroxyl groups is 1. The molecule has 2 nitrogen and oxygen atoms in total. The van der Waals surface area contributed by atoms with Gasteiger partial charge in [-0.2, -0.15) is 13.2 Å². The SMILES string of the molecule is Cc1cc(C2(O)CCN(C(C)(C)C)CC2)ccc1-c1cccc(C(F)(F)F)c1. The molecule has 1 N–H and O–H groups in total. The van der Waals surface area contributed by atoms with Gasteiger partial charge < -0.3 is 5.11 Å². The fourth-order valence-electron chi connectivity index (χ4n) is 3.98. The van der Waals surface area contributed by atoms with Crippen molar-refractivity contribution in [3.8, 4) is 11.1 Å². The molecule has 0 aromatic heterocycles. The molecule has 1 fully saturated rings. The van der Waals surface area contributed by atoms with E-state index in [0.29, 0.717) is 18.4 Å². The number of piperidine rings is 1. The van der Waals surface area contributed by atoms with Crippen molar-refractivity contribution in [2.24, 2.45) is 0 Å². The van der Waals surface area contributed by atoms with Crippen molar-refractivity contribution in [2.75, 3.05) is 13.1 Å². The van der Waals surface area contributed by atoms with Gasteiger partial charge in [0.05, 0.1) is 11.2 Å². The summed E-state index contributed by atoms with van der Waals surface area (Å²) in [5.41, 5.74) is 1.53. The van der Waals surface area contributed by atoms with Gasteiger partial charge >= 0.3 is 6.18 Å².